The van der Waals surface area contributed by atoms with E-state index in [0.717, 1.165) is 31.1 Å². The van der Waals surface area contributed by atoms with Gasteiger partial charge in [-0.25, -0.2) is 4.79 Å². The maximum Gasteiger partial charge on any atom is 0.416 e. The lowest BCUT2D eigenvalue weighted by atomic mass is 9.97. The number of carbonyl (C=O) groups excluding carboxylic acids is 1. The Labute approximate surface area is 165 Å². The Balaban J connectivity index is 1.80. The van der Waals surface area contributed by atoms with Gasteiger partial charge in [-0.15, -0.1) is 0 Å². The summed E-state index contributed by atoms with van der Waals surface area (Å²) in [6.45, 7) is 7.35. The molecule has 4 nitrogen and oxygen atoms in total. The maximum absolute atomic E-state index is 13.1. The number of hydrogen-bond donors (Lipinski definition) is 0. The molecule has 27 heavy (non-hydrogen) atoms. The zero-order valence-electron chi connectivity index (χ0n) is 15.7. The van der Waals surface area contributed by atoms with Crippen molar-refractivity contribution in [2.75, 3.05) is 24.5 Å². The number of carbonyl (C=O) groups is 1. The summed E-state index contributed by atoms with van der Waals surface area (Å²) in [5.41, 5.74) is 0.352. The summed E-state index contributed by atoms with van der Waals surface area (Å²) in [6.07, 6.45) is -2.51. The van der Waals surface area contributed by atoms with Crippen molar-refractivity contribution in [1.82, 2.24) is 4.90 Å². The number of amides is 1. The normalized spacial score (nSPS) is 20.6. The van der Waals surface area contributed by atoms with Crippen molar-refractivity contribution in [3.8, 4) is 0 Å². The van der Waals surface area contributed by atoms with E-state index < -0.39 is 17.3 Å². The van der Waals surface area contributed by atoms with Crippen LogP contribution in [-0.2, 0) is 17.3 Å². The van der Waals surface area contributed by atoms with Gasteiger partial charge in [0.15, 0.2) is 0 Å². The van der Waals surface area contributed by atoms with Gasteiger partial charge in [0.05, 0.1) is 11.3 Å². The quantitative estimate of drug-likeness (QED) is 0.589. The Morgan fingerprint density at radius 3 is 2.56 bits per heavy atom. The molecule has 0 N–H and O–H groups in total. The molecule has 2 heterocycles. The Kier molecular flexibility index (Phi) is 5.40. The highest BCUT2D eigenvalue weighted by atomic mass is 79.9. The smallest absolute Gasteiger partial charge is 0.416 e. The van der Waals surface area contributed by atoms with Gasteiger partial charge in [-0.3, -0.25) is 0 Å². The van der Waals surface area contributed by atoms with Crippen molar-refractivity contribution in [1.29, 1.82) is 0 Å². The van der Waals surface area contributed by atoms with Gasteiger partial charge in [0.1, 0.15) is 5.60 Å². The average molecular weight is 449 g/mol. The van der Waals surface area contributed by atoms with Crippen molar-refractivity contribution < 1.29 is 22.7 Å². The first kappa shape index (κ1) is 20.3. The van der Waals surface area contributed by atoms with Crippen LogP contribution in [0.5, 0.6) is 0 Å². The number of halogens is 4. The lowest BCUT2D eigenvalue weighted by Gasteiger charge is -2.37. The molecule has 1 aromatic rings. The van der Waals surface area contributed by atoms with Crippen LogP contribution in [0.3, 0.4) is 0 Å². The highest BCUT2D eigenvalue weighted by molar-refractivity contribution is 9.10. The van der Waals surface area contributed by atoms with Gasteiger partial charge in [-0.1, -0.05) is 0 Å². The molecule has 3 rings (SSSR count). The van der Waals surface area contributed by atoms with Crippen LogP contribution in [0.4, 0.5) is 23.7 Å². The molecule has 0 aromatic heterocycles. The fourth-order valence-corrected chi connectivity index (χ4v) is 4.47. The largest absolute Gasteiger partial charge is 0.444 e. The van der Waals surface area contributed by atoms with Crippen LogP contribution in [0.1, 0.15) is 44.7 Å². The molecular weight excluding hydrogens is 425 g/mol. The monoisotopic (exact) mass is 448 g/mol. The molecule has 8 heteroatoms. The van der Waals surface area contributed by atoms with Gasteiger partial charge in [0, 0.05) is 30.1 Å². The van der Waals surface area contributed by atoms with Crippen LogP contribution in [0.2, 0.25) is 0 Å². The van der Waals surface area contributed by atoms with E-state index in [9.17, 15) is 18.0 Å². The van der Waals surface area contributed by atoms with E-state index in [1.807, 2.05) is 20.8 Å². The van der Waals surface area contributed by atoms with E-state index in [1.165, 1.54) is 6.07 Å². The lowest BCUT2D eigenvalue weighted by molar-refractivity contribution is -0.137. The van der Waals surface area contributed by atoms with Gasteiger partial charge in [0.25, 0.3) is 0 Å². The number of anilines is 1. The number of hydrogen-bond acceptors (Lipinski definition) is 3. The van der Waals surface area contributed by atoms with E-state index in [1.54, 1.807) is 4.90 Å². The number of likely N-dealkylation sites (tertiary alicyclic amines) is 1. The molecule has 1 atom stereocenters. The first-order chi connectivity index (χ1) is 12.5. The molecule has 1 fully saturated rings. The van der Waals surface area contributed by atoms with E-state index in [4.69, 9.17) is 4.74 Å². The van der Waals surface area contributed by atoms with E-state index in [2.05, 4.69) is 20.8 Å². The SMILES string of the molecule is CC(C)(C)OC(=O)N1CCC(N2CCCc3cc(C(F)(F)F)cc(Br)c32)C1. The van der Waals surface area contributed by atoms with Crippen molar-refractivity contribution in [3.05, 3.63) is 27.7 Å². The molecular formula is C19H24BrF3N2O2. The van der Waals surface area contributed by atoms with Crippen LogP contribution in [0.15, 0.2) is 16.6 Å². The number of alkyl halides is 3. The third kappa shape index (κ3) is 4.52. The van der Waals surface area contributed by atoms with Crippen LogP contribution in [-0.4, -0.2) is 42.3 Å². The molecule has 0 bridgehead atoms. The van der Waals surface area contributed by atoms with Gasteiger partial charge in [0.2, 0.25) is 0 Å². The molecule has 1 unspecified atom stereocenters. The van der Waals surface area contributed by atoms with E-state index >= 15 is 0 Å². The van der Waals surface area contributed by atoms with Crippen molar-refractivity contribution in [3.63, 3.8) is 0 Å². The molecule has 1 amide bonds. The Hall–Kier alpha value is -1.44. The average Bonchev–Trinajstić information content (AvgIpc) is 3.01. The van der Waals surface area contributed by atoms with E-state index in [-0.39, 0.29) is 12.1 Å². The van der Waals surface area contributed by atoms with Gasteiger partial charge >= 0.3 is 12.3 Å². The summed E-state index contributed by atoms with van der Waals surface area (Å²) in [5.74, 6) is 0. The molecule has 2 aliphatic heterocycles. The van der Waals surface area contributed by atoms with Crippen molar-refractivity contribution in [2.45, 2.75) is 57.9 Å². The van der Waals surface area contributed by atoms with Crippen LogP contribution >= 0.6 is 15.9 Å². The minimum absolute atomic E-state index is 0.0737. The molecule has 0 radical (unpaired) electrons. The Morgan fingerprint density at radius 1 is 1.22 bits per heavy atom. The highest BCUT2D eigenvalue weighted by Crippen LogP contribution is 2.42. The standard InChI is InChI=1S/C19H24BrF3N2O2/c1-18(2,3)27-17(26)24-8-6-14(11-24)25-7-4-5-12-9-13(19(21,22)23)10-15(20)16(12)25/h9-10,14H,4-8,11H2,1-3H3. The minimum Gasteiger partial charge on any atom is -0.444 e. The number of fused-ring (bicyclic) bond motifs is 1. The number of aryl methyl sites for hydroxylation is 1. The Bertz CT molecular complexity index is 731. The summed E-state index contributed by atoms with van der Waals surface area (Å²) < 4.78 is 45.3. The van der Waals surface area contributed by atoms with Crippen molar-refractivity contribution in [2.24, 2.45) is 0 Å². The molecule has 0 spiro atoms. The first-order valence-electron chi connectivity index (χ1n) is 9.10. The van der Waals surface area contributed by atoms with Gasteiger partial charge < -0.3 is 14.5 Å². The second kappa shape index (κ2) is 7.18. The number of nitrogens with zero attached hydrogens (tertiary/aromatic N) is 2. The summed E-state index contributed by atoms with van der Waals surface area (Å²) in [7, 11) is 0. The predicted molar refractivity (Wildman–Crippen MR) is 101 cm³/mol. The fourth-order valence-electron chi connectivity index (χ4n) is 3.74. The van der Waals surface area contributed by atoms with Crippen molar-refractivity contribution >= 4 is 27.7 Å². The second-order valence-electron chi connectivity index (χ2n) is 8.13. The van der Waals surface area contributed by atoms with Crippen LogP contribution in [0, 0.1) is 0 Å². The third-order valence-corrected chi connectivity index (χ3v) is 5.46. The number of ether oxygens (including phenoxy) is 1. The molecule has 0 saturated carbocycles. The highest BCUT2D eigenvalue weighted by Gasteiger charge is 2.37. The third-order valence-electron chi connectivity index (χ3n) is 4.86. The summed E-state index contributed by atoms with van der Waals surface area (Å²) in [4.78, 5) is 16.1. The zero-order valence-corrected chi connectivity index (χ0v) is 17.3. The number of rotatable bonds is 1. The minimum atomic E-state index is -4.36. The summed E-state index contributed by atoms with van der Waals surface area (Å²) >= 11 is 3.35. The molecule has 150 valence electrons. The molecule has 0 aliphatic carbocycles. The molecule has 1 aromatic carbocycles. The zero-order chi connectivity index (χ0) is 20.0. The molecule has 2 aliphatic rings. The fraction of sp³-hybridized carbons (Fsp3) is 0.632. The summed E-state index contributed by atoms with van der Waals surface area (Å²) in [5, 5.41) is 0. The summed E-state index contributed by atoms with van der Waals surface area (Å²) in [6, 6.07) is 2.48. The van der Waals surface area contributed by atoms with Gasteiger partial charge in [-0.05, 0) is 73.7 Å². The van der Waals surface area contributed by atoms with E-state index in [0.29, 0.717) is 29.5 Å². The topological polar surface area (TPSA) is 32.8 Å². The lowest BCUT2D eigenvalue weighted by Crippen LogP contribution is -2.43. The van der Waals surface area contributed by atoms with Gasteiger partial charge in [-0.2, -0.15) is 13.2 Å². The second-order valence-corrected chi connectivity index (χ2v) is 8.98. The van der Waals surface area contributed by atoms with Crippen LogP contribution in [0.25, 0.3) is 0 Å². The first-order valence-corrected chi connectivity index (χ1v) is 9.89. The molecule has 1 saturated heterocycles. The predicted octanol–water partition coefficient (Wildman–Crippen LogP) is 5.23. The number of benzene rings is 1. The Morgan fingerprint density at radius 2 is 1.93 bits per heavy atom. The maximum atomic E-state index is 13.1. The van der Waals surface area contributed by atoms with Crippen LogP contribution < -0.4 is 4.90 Å².